The molecule has 0 saturated heterocycles. The number of halogens is 1. The number of hydrogen-bond donors (Lipinski definition) is 1. The van der Waals surface area contributed by atoms with Crippen molar-refractivity contribution in [1.29, 1.82) is 0 Å². The summed E-state index contributed by atoms with van der Waals surface area (Å²) in [5, 5.41) is 11.2. The average Bonchev–Trinajstić information content (AvgIpc) is 2.41. The summed E-state index contributed by atoms with van der Waals surface area (Å²) in [7, 11) is 0. The maximum absolute atomic E-state index is 11.2. The second-order valence-electron chi connectivity index (χ2n) is 4.62. The van der Waals surface area contributed by atoms with Crippen LogP contribution in [0.5, 0.6) is 11.6 Å². The molecule has 0 saturated carbocycles. The molecular weight excluding hydrogens is 338 g/mol. The highest BCUT2D eigenvalue weighted by atomic mass is 79.9. The minimum absolute atomic E-state index is 0.122. The zero-order valence-electron chi connectivity index (χ0n) is 11.5. The van der Waals surface area contributed by atoms with E-state index in [1.807, 2.05) is 0 Å². The Labute approximate surface area is 130 Å². The summed E-state index contributed by atoms with van der Waals surface area (Å²) in [6, 6.07) is 6.39. The minimum Gasteiger partial charge on any atom is -0.431 e. The Hall–Kier alpha value is -1.99. The summed E-state index contributed by atoms with van der Waals surface area (Å²) in [5.41, 5.74) is 7.07. The van der Waals surface area contributed by atoms with Crippen LogP contribution < -0.4 is 10.5 Å². The number of nitro benzene ring substituents is 1. The van der Waals surface area contributed by atoms with E-state index >= 15 is 0 Å². The van der Waals surface area contributed by atoms with Crippen molar-refractivity contribution < 1.29 is 9.66 Å². The lowest BCUT2D eigenvalue weighted by Crippen LogP contribution is -2.08. The van der Waals surface area contributed by atoms with Crippen molar-refractivity contribution in [2.75, 3.05) is 0 Å². The summed E-state index contributed by atoms with van der Waals surface area (Å²) >= 11 is 3.24. The Morgan fingerprint density at radius 1 is 1.48 bits per heavy atom. The number of aryl methyl sites for hydroxylation is 1. The predicted molar refractivity (Wildman–Crippen MR) is 82.4 cm³/mol. The van der Waals surface area contributed by atoms with E-state index in [-0.39, 0.29) is 23.4 Å². The summed E-state index contributed by atoms with van der Waals surface area (Å²) in [6.07, 6.45) is 1.56. The van der Waals surface area contributed by atoms with Gasteiger partial charge in [-0.2, -0.15) is 0 Å². The molecule has 0 amide bonds. The van der Waals surface area contributed by atoms with E-state index in [1.54, 1.807) is 38.2 Å². The molecule has 0 unspecified atom stereocenters. The lowest BCUT2D eigenvalue weighted by molar-refractivity contribution is -0.385. The number of nitrogens with zero attached hydrogens (tertiary/aromatic N) is 2. The van der Waals surface area contributed by atoms with Crippen LogP contribution in [0, 0.1) is 17.0 Å². The molecule has 110 valence electrons. The first-order valence-corrected chi connectivity index (χ1v) is 7.02. The molecule has 0 aliphatic rings. The fourth-order valence-corrected chi connectivity index (χ4v) is 2.47. The Morgan fingerprint density at radius 3 is 2.81 bits per heavy atom. The van der Waals surface area contributed by atoms with Gasteiger partial charge < -0.3 is 10.5 Å². The molecule has 2 rings (SSSR count). The van der Waals surface area contributed by atoms with Gasteiger partial charge in [0.2, 0.25) is 11.6 Å². The monoisotopic (exact) mass is 351 g/mol. The van der Waals surface area contributed by atoms with E-state index in [4.69, 9.17) is 10.5 Å². The Morgan fingerprint density at radius 2 is 2.19 bits per heavy atom. The Kier molecular flexibility index (Phi) is 4.54. The Bertz CT molecular complexity index is 689. The van der Waals surface area contributed by atoms with Gasteiger partial charge in [-0.1, -0.05) is 22.0 Å². The topological polar surface area (TPSA) is 91.3 Å². The number of hydrogen-bond acceptors (Lipinski definition) is 5. The first-order chi connectivity index (χ1) is 9.90. The molecule has 2 N–H and O–H groups in total. The smallest absolute Gasteiger partial charge is 0.313 e. The highest BCUT2D eigenvalue weighted by Crippen LogP contribution is 2.38. The van der Waals surface area contributed by atoms with E-state index in [0.29, 0.717) is 15.6 Å². The highest BCUT2D eigenvalue weighted by molar-refractivity contribution is 9.10. The average molecular weight is 352 g/mol. The predicted octanol–water partition coefficient (Wildman–Crippen LogP) is 3.87. The summed E-state index contributed by atoms with van der Waals surface area (Å²) in [4.78, 5) is 14.8. The van der Waals surface area contributed by atoms with Crippen molar-refractivity contribution in [1.82, 2.24) is 4.98 Å². The first kappa shape index (κ1) is 15.4. The van der Waals surface area contributed by atoms with Gasteiger partial charge in [0.25, 0.3) is 0 Å². The van der Waals surface area contributed by atoms with Crippen LogP contribution in [0.2, 0.25) is 0 Å². The molecule has 1 heterocycles. The molecule has 6 nitrogen and oxygen atoms in total. The molecule has 1 aromatic carbocycles. The van der Waals surface area contributed by atoms with Crippen LogP contribution >= 0.6 is 15.9 Å². The summed E-state index contributed by atoms with van der Waals surface area (Å²) < 4.78 is 6.31. The number of nitro groups is 1. The molecule has 0 spiro atoms. The number of nitrogens with two attached hydrogens (primary N) is 1. The number of rotatable bonds is 4. The van der Waals surface area contributed by atoms with Crippen LogP contribution in [0.25, 0.3) is 0 Å². The quantitative estimate of drug-likeness (QED) is 0.666. The molecule has 0 bridgehead atoms. The second-order valence-corrected chi connectivity index (χ2v) is 5.53. The molecule has 21 heavy (non-hydrogen) atoms. The van der Waals surface area contributed by atoms with Crippen LogP contribution in [0.4, 0.5) is 5.69 Å². The fraction of sp³-hybridized carbons (Fsp3) is 0.214. The van der Waals surface area contributed by atoms with E-state index in [1.165, 1.54) is 6.07 Å². The molecule has 2 aromatic rings. The van der Waals surface area contributed by atoms with Crippen LogP contribution in [0.1, 0.15) is 24.1 Å². The summed E-state index contributed by atoms with van der Waals surface area (Å²) in [6.45, 7) is 3.54. The van der Waals surface area contributed by atoms with Crippen molar-refractivity contribution in [3.8, 4) is 11.6 Å². The lowest BCUT2D eigenvalue weighted by atomic mass is 10.1. The number of ether oxygens (including phenoxy) is 1. The van der Waals surface area contributed by atoms with Gasteiger partial charge in [0, 0.05) is 33.9 Å². The number of aromatic nitrogens is 1. The van der Waals surface area contributed by atoms with Gasteiger partial charge in [0.15, 0.2) is 0 Å². The second kappa shape index (κ2) is 6.19. The number of benzene rings is 1. The highest BCUT2D eigenvalue weighted by Gasteiger charge is 2.21. The summed E-state index contributed by atoms with van der Waals surface area (Å²) in [5.74, 6) is 0.449. The zero-order valence-corrected chi connectivity index (χ0v) is 13.1. The molecule has 0 aliphatic carbocycles. The van der Waals surface area contributed by atoms with E-state index in [0.717, 1.165) is 0 Å². The molecule has 0 aliphatic heterocycles. The van der Waals surface area contributed by atoms with E-state index < -0.39 is 4.92 Å². The van der Waals surface area contributed by atoms with Crippen LogP contribution in [0.3, 0.4) is 0 Å². The SMILES string of the molecule is Cc1cc(Br)cc([N+](=O)[O-])c1Oc1ncccc1[C@H](C)N. The standard InChI is InChI=1S/C14H14BrN3O3/c1-8-6-10(15)7-12(18(19)20)13(8)21-14-11(9(2)16)4-3-5-17-14/h3-7,9H,16H2,1-2H3/t9-/m0/s1. The lowest BCUT2D eigenvalue weighted by Gasteiger charge is -2.13. The fourth-order valence-electron chi connectivity index (χ4n) is 1.91. The van der Waals surface area contributed by atoms with Gasteiger partial charge in [0.05, 0.1) is 4.92 Å². The van der Waals surface area contributed by atoms with Crippen molar-refractivity contribution >= 4 is 21.6 Å². The molecule has 0 radical (unpaired) electrons. The van der Waals surface area contributed by atoms with Gasteiger partial charge >= 0.3 is 5.69 Å². The van der Waals surface area contributed by atoms with E-state index in [2.05, 4.69) is 20.9 Å². The molecule has 0 fully saturated rings. The third-order valence-electron chi connectivity index (χ3n) is 2.91. The normalized spacial score (nSPS) is 12.0. The van der Waals surface area contributed by atoms with Crippen molar-refractivity contribution in [2.45, 2.75) is 19.9 Å². The van der Waals surface area contributed by atoms with Crippen molar-refractivity contribution in [3.63, 3.8) is 0 Å². The van der Waals surface area contributed by atoms with Gasteiger partial charge in [-0.25, -0.2) is 4.98 Å². The zero-order chi connectivity index (χ0) is 15.6. The van der Waals surface area contributed by atoms with Gasteiger partial charge in [-0.3, -0.25) is 10.1 Å². The van der Waals surface area contributed by atoms with Crippen LogP contribution in [-0.4, -0.2) is 9.91 Å². The molecule has 7 heteroatoms. The molecule has 1 atom stereocenters. The molecular formula is C14H14BrN3O3. The number of pyridine rings is 1. The van der Waals surface area contributed by atoms with Gasteiger partial charge in [-0.05, 0) is 26.0 Å². The first-order valence-electron chi connectivity index (χ1n) is 6.23. The van der Waals surface area contributed by atoms with Crippen molar-refractivity contribution in [2.24, 2.45) is 5.73 Å². The molecule has 1 aromatic heterocycles. The maximum atomic E-state index is 11.2. The van der Waals surface area contributed by atoms with Crippen molar-refractivity contribution in [3.05, 3.63) is 56.2 Å². The third kappa shape index (κ3) is 3.37. The Balaban J connectivity index is 2.52. The maximum Gasteiger partial charge on any atom is 0.313 e. The minimum atomic E-state index is -0.485. The van der Waals surface area contributed by atoms with E-state index in [9.17, 15) is 10.1 Å². The van der Waals surface area contributed by atoms with Gasteiger partial charge in [-0.15, -0.1) is 0 Å². The van der Waals surface area contributed by atoms with Crippen LogP contribution in [-0.2, 0) is 0 Å². The largest absolute Gasteiger partial charge is 0.431 e. The van der Waals surface area contributed by atoms with Crippen LogP contribution in [0.15, 0.2) is 34.9 Å². The third-order valence-corrected chi connectivity index (χ3v) is 3.36. The van der Waals surface area contributed by atoms with Gasteiger partial charge in [0.1, 0.15) is 0 Å².